The number of amides is 2. The Labute approximate surface area is 289 Å². The maximum atomic E-state index is 13.0. The SMILES string of the molecule is CCOC(=O)c1ccc(C=CC(=O)NCC(=O)N(C)c2ccc(Cl)c(COc3cccc4c(N5CCOCC5)cc(C)nc34)c2Cl)cc1. The summed E-state index contributed by atoms with van der Waals surface area (Å²) in [6.07, 6.45) is 2.89. The van der Waals surface area contributed by atoms with Crippen molar-refractivity contribution in [3.63, 3.8) is 0 Å². The summed E-state index contributed by atoms with van der Waals surface area (Å²) in [4.78, 5) is 45.7. The second-order valence-electron chi connectivity index (χ2n) is 11.0. The number of carbonyl (C=O) groups is 3. The normalized spacial score (nSPS) is 13.1. The lowest BCUT2D eigenvalue weighted by atomic mass is 10.1. The molecule has 0 radical (unpaired) electrons. The van der Waals surface area contributed by atoms with E-state index in [9.17, 15) is 14.4 Å². The molecule has 1 aromatic heterocycles. The number of para-hydroxylation sites is 1. The van der Waals surface area contributed by atoms with Crippen molar-refractivity contribution in [1.29, 1.82) is 0 Å². The van der Waals surface area contributed by atoms with Gasteiger partial charge in [0.1, 0.15) is 17.9 Å². The molecule has 250 valence electrons. The minimum Gasteiger partial charge on any atom is -0.487 e. The van der Waals surface area contributed by atoms with Gasteiger partial charge in [0.15, 0.2) is 0 Å². The summed E-state index contributed by atoms with van der Waals surface area (Å²) >= 11 is 13.4. The molecular formula is C36H36Cl2N4O6. The van der Waals surface area contributed by atoms with Crippen LogP contribution in [0, 0.1) is 6.92 Å². The van der Waals surface area contributed by atoms with Crippen molar-refractivity contribution in [2.24, 2.45) is 0 Å². The molecule has 1 fully saturated rings. The first-order valence-corrected chi connectivity index (χ1v) is 16.2. The van der Waals surface area contributed by atoms with Gasteiger partial charge in [0.05, 0.1) is 42.6 Å². The smallest absolute Gasteiger partial charge is 0.338 e. The van der Waals surface area contributed by atoms with Crippen LogP contribution in [0.25, 0.3) is 17.0 Å². The summed E-state index contributed by atoms with van der Waals surface area (Å²) < 4.78 is 16.8. The highest BCUT2D eigenvalue weighted by Gasteiger charge is 2.21. The van der Waals surface area contributed by atoms with Crippen LogP contribution >= 0.6 is 23.2 Å². The first-order valence-electron chi connectivity index (χ1n) is 15.5. The molecule has 0 aliphatic carbocycles. The highest BCUT2D eigenvalue weighted by atomic mass is 35.5. The van der Waals surface area contributed by atoms with Crippen LogP contribution in [0.1, 0.15) is 34.1 Å². The standard InChI is InChI=1S/C36H36Cl2N4O6/c1-4-47-36(45)25-11-8-24(9-12-25)10-15-32(43)39-21-33(44)41(3)29-14-13-28(37)27(34(29)38)22-48-31-7-5-6-26-30(20-23(2)40-35(26)31)42-16-18-46-19-17-42/h5-15,20H,4,16-19,21-22H2,1-3H3,(H,39,43). The van der Waals surface area contributed by atoms with Gasteiger partial charge in [-0.2, -0.15) is 0 Å². The molecule has 2 amide bonds. The largest absolute Gasteiger partial charge is 0.487 e. The van der Waals surface area contributed by atoms with Crippen LogP contribution in [0.3, 0.4) is 0 Å². The molecule has 1 aliphatic rings. The van der Waals surface area contributed by atoms with Gasteiger partial charge in [-0.25, -0.2) is 9.78 Å². The maximum Gasteiger partial charge on any atom is 0.338 e. The first kappa shape index (κ1) is 34.7. The number of aromatic nitrogens is 1. The van der Waals surface area contributed by atoms with E-state index in [1.807, 2.05) is 25.1 Å². The molecule has 0 atom stereocenters. The number of nitrogens with zero attached hydrogens (tertiary/aromatic N) is 3. The van der Waals surface area contributed by atoms with Crippen LogP contribution in [0.15, 0.2) is 66.7 Å². The number of likely N-dealkylation sites (N-methyl/N-ethyl adjacent to an activating group) is 1. The molecule has 0 saturated carbocycles. The number of pyridine rings is 1. The summed E-state index contributed by atoms with van der Waals surface area (Å²) in [7, 11) is 1.57. The molecule has 1 N–H and O–H groups in total. The number of hydrogen-bond donors (Lipinski definition) is 1. The van der Waals surface area contributed by atoms with Crippen molar-refractivity contribution in [1.82, 2.24) is 10.3 Å². The summed E-state index contributed by atoms with van der Waals surface area (Å²) in [6, 6.07) is 17.8. The zero-order valence-electron chi connectivity index (χ0n) is 26.9. The molecule has 1 saturated heterocycles. The van der Waals surface area contributed by atoms with E-state index >= 15 is 0 Å². The maximum absolute atomic E-state index is 13.0. The Morgan fingerprint density at radius 2 is 1.81 bits per heavy atom. The van der Waals surface area contributed by atoms with Crippen LogP contribution in [0.4, 0.5) is 11.4 Å². The van der Waals surface area contributed by atoms with E-state index in [2.05, 4.69) is 16.3 Å². The summed E-state index contributed by atoms with van der Waals surface area (Å²) in [5.41, 5.74) is 4.72. The van der Waals surface area contributed by atoms with Gasteiger partial charge in [-0.05, 0) is 61.9 Å². The van der Waals surface area contributed by atoms with Crippen LogP contribution < -0.4 is 19.9 Å². The lowest BCUT2D eigenvalue weighted by Gasteiger charge is -2.30. The van der Waals surface area contributed by atoms with E-state index in [-0.39, 0.29) is 24.8 Å². The third-order valence-electron chi connectivity index (χ3n) is 7.80. The Hall–Kier alpha value is -4.64. The molecule has 48 heavy (non-hydrogen) atoms. The van der Waals surface area contributed by atoms with Crippen LogP contribution in [-0.4, -0.2) is 69.3 Å². The average molecular weight is 692 g/mol. The second kappa shape index (κ2) is 16.0. The predicted octanol–water partition coefficient (Wildman–Crippen LogP) is 6.23. The van der Waals surface area contributed by atoms with Crippen molar-refractivity contribution in [2.75, 3.05) is 56.3 Å². The fraction of sp³-hybridized carbons (Fsp3) is 0.278. The van der Waals surface area contributed by atoms with Gasteiger partial charge in [-0.1, -0.05) is 47.5 Å². The quantitative estimate of drug-likeness (QED) is 0.146. The highest BCUT2D eigenvalue weighted by Crippen LogP contribution is 2.37. The molecule has 5 rings (SSSR count). The number of hydrogen-bond acceptors (Lipinski definition) is 8. The molecule has 12 heteroatoms. The molecule has 0 unspecified atom stereocenters. The van der Waals surface area contributed by atoms with E-state index < -0.39 is 17.8 Å². The number of halogens is 2. The van der Waals surface area contributed by atoms with Gasteiger partial charge in [0.2, 0.25) is 11.8 Å². The van der Waals surface area contributed by atoms with Gasteiger partial charge in [0, 0.05) is 53.6 Å². The van der Waals surface area contributed by atoms with Gasteiger partial charge >= 0.3 is 5.97 Å². The van der Waals surface area contributed by atoms with E-state index in [0.717, 1.165) is 35.4 Å². The Kier molecular flexibility index (Phi) is 11.5. The Morgan fingerprint density at radius 3 is 2.54 bits per heavy atom. The minimum absolute atomic E-state index is 0.0391. The number of carbonyl (C=O) groups excluding carboxylic acids is 3. The lowest BCUT2D eigenvalue weighted by molar-refractivity contribution is -0.122. The van der Waals surface area contributed by atoms with Crippen molar-refractivity contribution in [2.45, 2.75) is 20.5 Å². The van der Waals surface area contributed by atoms with Gasteiger partial charge in [-0.3, -0.25) is 9.59 Å². The molecule has 3 aromatic carbocycles. The van der Waals surface area contributed by atoms with Crippen molar-refractivity contribution >= 4 is 69.3 Å². The van der Waals surface area contributed by atoms with Crippen molar-refractivity contribution in [3.05, 3.63) is 99.2 Å². The number of fused-ring (bicyclic) bond motifs is 1. The van der Waals surface area contributed by atoms with Gasteiger partial charge < -0.3 is 29.3 Å². The number of nitrogens with one attached hydrogen (secondary N) is 1. The Balaban J connectivity index is 1.23. The Morgan fingerprint density at radius 1 is 1.06 bits per heavy atom. The molecular weight excluding hydrogens is 655 g/mol. The van der Waals surface area contributed by atoms with Crippen molar-refractivity contribution in [3.8, 4) is 5.75 Å². The van der Waals surface area contributed by atoms with Gasteiger partial charge in [0.25, 0.3) is 0 Å². The molecule has 4 aromatic rings. The lowest BCUT2D eigenvalue weighted by Crippen LogP contribution is -2.37. The van der Waals surface area contributed by atoms with E-state index in [4.69, 9.17) is 42.4 Å². The summed E-state index contributed by atoms with van der Waals surface area (Å²) in [5.74, 6) is -0.683. The number of aryl methyl sites for hydroxylation is 1. The number of esters is 1. The van der Waals surface area contributed by atoms with E-state index in [0.29, 0.717) is 46.4 Å². The van der Waals surface area contributed by atoms with Gasteiger partial charge in [-0.15, -0.1) is 0 Å². The van der Waals surface area contributed by atoms with Crippen LogP contribution in [0.5, 0.6) is 5.75 Å². The van der Waals surface area contributed by atoms with Crippen molar-refractivity contribution < 1.29 is 28.6 Å². The second-order valence-corrected chi connectivity index (χ2v) is 11.8. The average Bonchev–Trinajstić information content (AvgIpc) is 3.09. The highest BCUT2D eigenvalue weighted by molar-refractivity contribution is 6.38. The number of benzene rings is 3. The number of ether oxygens (including phenoxy) is 3. The first-order chi connectivity index (χ1) is 23.2. The molecule has 10 nitrogen and oxygen atoms in total. The van der Waals surface area contributed by atoms with Crippen LogP contribution in [0.2, 0.25) is 10.0 Å². The predicted molar refractivity (Wildman–Crippen MR) is 188 cm³/mol. The van der Waals surface area contributed by atoms with Crippen LogP contribution in [-0.2, 0) is 25.7 Å². The Bertz CT molecular complexity index is 1840. The topological polar surface area (TPSA) is 110 Å². The fourth-order valence-corrected chi connectivity index (χ4v) is 5.84. The zero-order valence-corrected chi connectivity index (χ0v) is 28.4. The summed E-state index contributed by atoms with van der Waals surface area (Å²) in [6.45, 7) is 6.68. The number of morpholine rings is 1. The number of rotatable bonds is 11. The van der Waals surface area contributed by atoms with E-state index in [1.54, 1.807) is 56.4 Å². The fourth-order valence-electron chi connectivity index (χ4n) is 5.23. The summed E-state index contributed by atoms with van der Waals surface area (Å²) in [5, 5.41) is 4.21. The third kappa shape index (κ3) is 8.25. The minimum atomic E-state index is -0.460. The van der Waals surface area contributed by atoms with E-state index in [1.165, 1.54) is 11.0 Å². The molecule has 2 heterocycles. The monoisotopic (exact) mass is 690 g/mol. The molecule has 1 aliphatic heterocycles. The zero-order chi connectivity index (χ0) is 34.2. The third-order valence-corrected chi connectivity index (χ3v) is 8.57. The number of anilines is 2. The molecule has 0 spiro atoms. The molecule has 0 bridgehead atoms.